The molecule has 174 valence electrons. The van der Waals surface area contributed by atoms with E-state index in [4.69, 9.17) is 11.6 Å². The Kier molecular flexibility index (Phi) is 6.43. The standard InChI is InChI=1S/C22H19BrClF3N4O2/c1-11(32)12-4-8-15(9-5-12)28-21(33)19-18(24)20-29-16(13-2-6-14(23)7-3-13)10-17(22(25,26)27)31(20)30-19/h2-9,11,16-17,29,32H,10H2,1H3,(H,28,33)/t11-,16-,17-/m1/s1. The third-order valence-electron chi connectivity index (χ3n) is 5.43. The van der Waals surface area contributed by atoms with E-state index in [2.05, 4.69) is 31.7 Å². The molecule has 0 unspecified atom stereocenters. The van der Waals surface area contributed by atoms with Gasteiger partial charge in [-0.2, -0.15) is 18.3 Å². The van der Waals surface area contributed by atoms with Crippen molar-refractivity contribution in [3.05, 3.63) is 74.8 Å². The van der Waals surface area contributed by atoms with Gasteiger partial charge in [-0.25, -0.2) is 4.68 Å². The SMILES string of the molecule is C[C@@H](O)c1ccc(NC(=O)c2nn3c(c2Cl)N[C@@H](c2ccc(Br)cc2)C[C@@H]3C(F)(F)F)cc1. The lowest BCUT2D eigenvalue weighted by atomic mass is 9.97. The molecule has 3 N–H and O–H groups in total. The zero-order chi connectivity index (χ0) is 23.9. The molecule has 0 radical (unpaired) electrons. The second-order valence-electron chi connectivity index (χ2n) is 7.75. The van der Waals surface area contributed by atoms with E-state index in [0.29, 0.717) is 16.8 Å². The first-order chi connectivity index (χ1) is 15.5. The summed E-state index contributed by atoms with van der Waals surface area (Å²) in [4.78, 5) is 12.8. The average molecular weight is 544 g/mol. The van der Waals surface area contributed by atoms with Crippen LogP contribution in [0, 0.1) is 0 Å². The number of aromatic nitrogens is 2. The molecule has 0 fully saturated rings. The van der Waals surface area contributed by atoms with E-state index in [-0.39, 0.29) is 23.0 Å². The third-order valence-corrected chi connectivity index (χ3v) is 6.32. The van der Waals surface area contributed by atoms with Gasteiger partial charge in [0.05, 0.1) is 12.1 Å². The van der Waals surface area contributed by atoms with Gasteiger partial charge in [0.1, 0.15) is 10.8 Å². The Morgan fingerprint density at radius 1 is 1.24 bits per heavy atom. The highest BCUT2D eigenvalue weighted by molar-refractivity contribution is 9.10. The number of fused-ring (bicyclic) bond motifs is 1. The summed E-state index contributed by atoms with van der Waals surface area (Å²) in [6.07, 6.45) is -5.57. The van der Waals surface area contributed by atoms with Crippen LogP contribution in [-0.4, -0.2) is 27.0 Å². The number of aliphatic hydroxyl groups is 1. The lowest BCUT2D eigenvalue weighted by Crippen LogP contribution is -2.35. The lowest BCUT2D eigenvalue weighted by molar-refractivity contribution is -0.173. The topological polar surface area (TPSA) is 79.2 Å². The number of rotatable bonds is 4. The number of carbonyl (C=O) groups is 1. The van der Waals surface area contributed by atoms with Crippen LogP contribution in [0.2, 0.25) is 5.02 Å². The molecule has 3 atom stereocenters. The fraction of sp³-hybridized carbons (Fsp3) is 0.273. The van der Waals surface area contributed by atoms with Gasteiger partial charge in [-0.3, -0.25) is 4.79 Å². The van der Waals surface area contributed by atoms with E-state index in [9.17, 15) is 23.1 Å². The molecule has 1 aliphatic rings. The molecule has 2 heterocycles. The van der Waals surface area contributed by atoms with Crippen molar-refractivity contribution in [2.24, 2.45) is 0 Å². The fourth-order valence-corrected chi connectivity index (χ4v) is 4.21. The normalized spacial score (nSPS) is 18.9. The minimum atomic E-state index is -4.59. The first kappa shape index (κ1) is 23.6. The highest BCUT2D eigenvalue weighted by Gasteiger charge is 2.47. The molecule has 0 aliphatic carbocycles. The van der Waals surface area contributed by atoms with Crippen molar-refractivity contribution in [1.29, 1.82) is 0 Å². The minimum Gasteiger partial charge on any atom is -0.389 e. The smallest absolute Gasteiger partial charge is 0.389 e. The van der Waals surface area contributed by atoms with Crippen molar-refractivity contribution in [3.63, 3.8) is 0 Å². The van der Waals surface area contributed by atoms with Gasteiger partial charge in [-0.05, 0) is 42.3 Å². The van der Waals surface area contributed by atoms with Gasteiger partial charge in [0.15, 0.2) is 11.7 Å². The predicted octanol–water partition coefficient (Wildman–Crippen LogP) is 6.26. The Bertz CT molecular complexity index is 1160. The Balaban J connectivity index is 1.65. The van der Waals surface area contributed by atoms with Crippen molar-refractivity contribution in [1.82, 2.24) is 9.78 Å². The summed E-state index contributed by atoms with van der Waals surface area (Å²) in [6.45, 7) is 1.61. The van der Waals surface area contributed by atoms with Crippen LogP contribution in [-0.2, 0) is 0 Å². The maximum atomic E-state index is 13.9. The molecular formula is C22H19BrClF3N4O2. The van der Waals surface area contributed by atoms with E-state index >= 15 is 0 Å². The van der Waals surface area contributed by atoms with E-state index in [1.807, 2.05) is 0 Å². The number of nitrogens with one attached hydrogen (secondary N) is 2. The molecule has 11 heteroatoms. The summed E-state index contributed by atoms with van der Waals surface area (Å²) in [7, 11) is 0. The lowest BCUT2D eigenvalue weighted by Gasteiger charge is -2.33. The van der Waals surface area contributed by atoms with Gasteiger partial charge in [-0.1, -0.05) is 51.8 Å². The van der Waals surface area contributed by atoms with Crippen LogP contribution in [0.1, 0.15) is 53.1 Å². The summed E-state index contributed by atoms with van der Waals surface area (Å²) in [6, 6.07) is 10.7. The number of amides is 1. The molecule has 3 aromatic rings. The fourth-order valence-electron chi connectivity index (χ4n) is 3.68. The number of carbonyl (C=O) groups excluding carboxylic acids is 1. The monoisotopic (exact) mass is 542 g/mol. The maximum Gasteiger partial charge on any atom is 0.410 e. The second-order valence-corrected chi connectivity index (χ2v) is 9.04. The molecule has 1 amide bonds. The summed E-state index contributed by atoms with van der Waals surface area (Å²) in [5.41, 5.74) is 1.38. The maximum absolute atomic E-state index is 13.9. The van der Waals surface area contributed by atoms with Crippen molar-refractivity contribution in [2.45, 2.75) is 37.7 Å². The zero-order valence-corrected chi connectivity index (χ0v) is 19.5. The molecule has 1 aromatic heterocycles. The third kappa shape index (κ3) is 4.87. The number of alkyl halides is 3. The van der Waals surface area contributed by atoms with Crippen molar-refractivity contribution < 1.29 is 23.1 Å². The minimum absolute atomic E-state index is 0.0623. The number of anilines is 2. The quantitative estimate of drug-likeness (QED) is 0.363. The van der Waals surface area contributed by atoms with Crippen molar-refractivity contribution in [3.8, 4) is 0 Å². The van der Waals surface area contributed by atoms with E-state index in [0.717, 1.165) is 9.15 Å². The van der Waals surface area contributed by atoms with Crippen molar-refractivity contribution >= 4 is 44.9 Å². The van der Waals surface area contributed by atoms with Crippen LogP contribution in [0.25, 0.3) is 0 Å². The van der Waals surface area contributed by atoms with Crippen molar-refractivity contribution in [2.75, 3.05) is 10.6 Å². The van der Waals surface area contributed by atoms with Gasteiger partial charge in [0.25, 0.3) is 5.91 Å². The summed E-state index contributed by atoms with van der Waals surface area (Å²) in [5.74, 6) is -0.803. The Labute approximate surface area is 200 Å². The van der Waals surface area contributed by atoms with E-state index in [1.54, 1.807) is 55.5 Å². The molecule has 0 saturated carbocycles. The Hall–Kier alpha value is -2.56. The number of benzene rings is 2. The van der Waals surface area contributed by atoms with Gasteiger partial charge < -0.3 is 15.7 Å². The first-order valence-electron chi connectivity index (χ1n) is 10.0. The highest BCUT2D eigenvalue weighted by atomic mass is 79.9. The van der Waals surface area contributed by atoms with Crippen LogP contribution in [0.5, 0.6) is 0 Å². The highest BCUT2D eigenvalue weighted by Crippen LogP contribution is 2.46. The number of hydrogen-bond acceptors (Lipinski definition) is 4. The molecule has 0 spiro atoms. The number of halogens is 5. The molecule has 0 saturated heterocycles. The number of nitrogens with zero attached hydrogens (tertiary/aromatic N) is 2. The number of hydrogen-bond donors (Lipinski definition) is 3. The van der Waals surface area contributed by atoms with Crippen LogP contribution in [0.4, 0.5) is 24.7 Å². The van der Waals surface area contributed by atoms with Gasteiger partial charge in [0.2, 0.25) is 0 Å². The molecule has 33 heavy (non-hydrogen) atoms. The summed E-state index contributed by atoms with van der Waals surface area (Å²) < 4.78 is 43.3. The molecule has 1 aliphatic heterocycles. The number of aliphatic hydroxyl groups excluding tert-OH is 1. The van der Waals surface area contributed by atoms with Crippen LogP contribution in [0.15, 0.2) is 53.0 Å². The van der Waals surface area contributed by atoms with Gasteiger partial charge in [-0.15, -0.1) is 0 Å². The Morgan fingerprint density at radius 3 is 2.45 bits per heavy atom. The first-order valence-corrected chi connectivity index (χ1v) is 11.2. The molecular weight excluding hydrogens is 525 g/mol. The molecule has 0 bridgehead atoms. The largest absolute Gasteiger partial charge is 0.410 e. The van der Waals surface area contributed by atoms with Crippen LogP contribution >= 0.6 is 27.5 Å². The zero-order valence-electron chi connectivity index (χ0n) is 17.2. The summed E-state index contributed by atoms with van der Waals surface area (Å²) >= 11 is 9.66. The van der Waals surface area contributed by atoms with Crippen LogP contribution < -0.4 is 10.6 Å². The van der Waals surface area contributed by atoms with E-state index < -0.39 is 30.3 Å². The molecule has 4 rings (SSSR count). The molecule has 2 aromatic carbocycles. The second kappa shape index (κ2) is 9.00. The average Bonchev–Trinajstić information content (AvgIpc) is 3.10. The predicted molar refractivity (Wildman–Crippen MR) is 122 cm³/mol. The van der Waals surface area contributed by atoms with Crippen LogP contribution in [0.3, 0.4) is 0 Å². The van der Waals surface area contributed by atoms with Gasteiger partial charge in [0, 0.05) is 16.6 Å². The van der Waals surface area contributed by atoms with E-state index in [1.165, 1.54) is 0 Å². The summed E-state index contributed by atoms with van der Waals surface area (Å²) in [5, 5.41) is 18.9. The molecule has 6 nitrogen and oxygen atoms in total. The van der Waals surface area contributed by atoms with Gasteiger partial charge >= 0.3 is 6.18 Å². The Morgan fingerprint density at radius 2 is 1.88 bits per heavy atom.